The van der Waals surface area contributed by atoms with E-state index in [1.165, 1.54) is 44.6 Å². The molecule has 1 N–H and O–H groups in total. The predicted octanol–water partition coefficient (Wildman–Crippen LogP) is 2.75. The molecule has 1 fully saturated rings. The molecule has 19 heavy (non-hydrogen) atoms. The summed E-state index contributed by atoms with van der Waals surface area (Å²) >= 11 is 0. The van der Waals surface area contributed by atoms with Gasteiger partial charge in [-0.1, -0.05) is 6.42 Å². The van der Waals surface area contributed by atoms with Gasteiger partial charge in [-0.3, -0.25) is 9.88 Å². The van der Waals surface area contributed by atoms with Gasteiger partial charge >= 0.3 is 0 Å². The Balaban J connectivity index is 1.79. The van der Waals surface area contributed by atoms with Gasteiger partial charge < -0.3 is 5.32 Å². The quantitative estimate of drug-likeness (QED) is 0.887. The smallest absolute Gasteiger partial charge is 0.141 e. The first-order valence-corrected chi connectivity index (χ1v) is 7.25. The number of aromatic nitrogens is 1. The third kappa shape index (κ3) is 4.25. The first-order valence-electron chi connectivity index (χ1n) is 7.25. The van der Waals surface area contributed by atoms with Crippen molar-refractivity contribution in [1.82, 2.24) is 15.2 Å². The minimum atomic E-state index is -0.280. The zero-order valence-corrected chi connectivity index (χ0v) is 11.9. The van der Waals surface area contributed by atoms with Crippen molar-refractivity contribution in [3.8, 4) is 0 Å². The van der Waals surface area contributed by atoms with Gasteiger partial charge in [0.15, 0.2) is 0 Å². The Bertz CT molecular complexity index is 373. The summed E-state index contributed by atoms with van der Waals surface area (Å²) in [6.07, 6.45) is 5.28. The summed E-state index contributed by atoms with van der Waals surface area (Å²) in [4.78, 5) is 6.66. The molecule has 2 rings (SSSR count). The van der Waals surface area contributed by atoms with Crippen LogP contribution in [0.15, 0.2) is 18.3 Å². The lowest BCUT2D eigenvalue weighted by atomic mass is 10.1. The highest BCUT2D eigenvalue weighted by Gasteiger charge is 2.17. The molecule has 2 heterocycles. The van der Waals surface area contributed by atoms with E-state index < -0.39 is 0 Å². The van der Waals surface area contributed by atoms with E-state index in [0.717, 1.165) is 12.2 Å². The number of piperidine rings is 1. The highest BCUT2D eigenvalue weighted by atomic mass is 19.1. The Morgan fingerprint density at radius 3 is 2.63 bits per heavy atom. The van der Waals surface area contributed by atoms with Crippen molar-refractivity contribution in [3.63, 3.8) is 0 Å². The average molecular weight is 265 g/mol. The van der Waals surface area contributed by atoms with Crippen molar-refractivity contribution in [2.75, 3.05) is 19.6 Å². The van der Waals surface area contributed by atoms with Crippen molar-refractivity contribution in [2.24, 2.45) is 0 Å². The van der Waals surface area contributed by atoms with Gasteiger partial charge in [0.1, 0.15) is 5.82 Å². The van der Waals surface area contributed by atoms with Crippen LogP contribution in [-0.2, 0) is 0 Å². The number of hydrogen-bond acceptors (Lipinski definition) is 3. The maximum atomic E-state index is 12.8. The van der Waals surface area contributed by atoms with E-state index in [-0.39, 0.29) is 11.9 Å². The number of likely N-dealkylation sites (tertiary alicyclic amines) is 1. The van der Waals surface area contributed by atoms with E-state index in [1.807, 2.05) is 0 Å². The van der Waals surface area contributed by atoms with Crippen molar-refractivity contribution in [3.05, 3.63) is 29.8 Å². The zero-order chi connectivity index (χ0) is 13.7. The molecule has 0 amide bonds. The van der Waals surface area contributed by atoms with Gasteiger partial charge in [-0.25, -0.2) is 4.39 Å². The molecule has 0 aromatic carbocycles. The fourth-order valence-electron chi connectivity index (χ4n) is 2.58. The number of rotatable bonds is 5. The molecule has 1 aromatic heterocycles. The SMILES string of the molecule is CC(NCC(C)N1CCCCC1)c1ccc(F)cn1. The maximum Gasteiger partial charge on any atom is 0.141 e. The second-order valence-corrected chi connectivity index (χ2v) is 5.48. The number of halogens is 1. The van der Waals surface area contributed by atoms with E-state index in [2.05, 4.69) is 29.0 Å². The normalized spacial score (nSPS) is 20.2. The van der Waals surface area contributed by atoms with Crippen LogP contribution in [0.3, 0.4) is 0 Å². The highest BCUT2D eigenvalue weighted by molar-refractivity contribution is 5.08. The molecule has 2 unspecified atom stereocenters. The van der Waals surface area contributed by atoms with E-state index >= 15 is 0 Å². The minimum Gasteiger partial charge on any atom is -0.307 e. The van der Waals surface area contributed by atoms with Crippen LogP contribution in [0.4, 0.5) is 4.39 Å². The van der Waals surface area contributed by atoms with Crippen LogP contribution >= 0.6 is 0 Å². The van der Waals surface area contributed by atoms with Gasteiger partial charge in [-0.05, 0) is 51.9 Å². The number of nitrogens with one attached hydrogen (secondary N) is 1. The molecule has 0 bridgehead atoms. The van der Waals surface area contributed by atoms with Crippen LogP contribution in [0, 0.1) is 5.82 Å². The molecular weight excluding hydrogens is 241 g/mol. The van der Waals surface area contributed by atoms with E-state index in [9.17, 15) is 4.39 Å². The van der Waals surface area contributed by atoms with Gasteiger partial charge in [0.25, 0.3) is 0 Å². The van der Waals surface area contributed by atoms with Crippen LogP contribution in [0.2, 0.25) is 0 Å². The molecule has 0 spiro atoms. The van der Waals surface area contributed by atoms with Crippen LogP contribution in [0.5, 0.6) is 0 Å². The van der Waals surface area contributed by atoms with E-state index in [4.69, 9.17) is 0 Å². The topological polar surface area (TPSA) is 28.2 Å². The van der Waals surface area contributed by atoms with Crippen molar-refractivity contribution < 1.29 is 4.39 Å². The summed E-state index contributed by atoms with van der Waals surface area (Å²) in [5.41, 5.74) is 0.896. The Labute approximate surface area is 115 Å². The summed E-state index contributed by atoms with van der Waals surface area (Å²) in [6.45, 7) is 7.71. The molecule has 1 aliphatic rings. The van der Waals surface area contributed by atoms with Gasteiger partial charge in [-0.15, -0.1) is 0 Å². The predicted molar refractivity (Wildman–Crippen MR) is 75.5 cm³/mol. The fourth-order valence-corrected chi connectivity index (χ4v) is 2.58. The molecule has 3 nitrogen and oxygen atoms in total. The van der Waals surface area contributed by atoms with E-state index in [1.54, 1.807) is 6.07 Å². The Kier molecular flexibility index (Phi) is 5.28. The largest absolute Gasteiger partial charge is 0.307 e. The van der Waals surface area contributed by atoms with Gasteiger partial charge in [0, 0.05) is 18.6 Å². The Hall–Kier alpha value is -1.00. The highest BCUT2D eigenvalue weighted by Crippen LogP contribution is 2.13. The molecule has 1 saturated heterocycles. The van der Waals surface area contributed by atoms with Gasteiger partial charge in [0.05, 0.1) is 11.9 Å². The number of pyridine rings is 1. The van der Waals surface area contributed by atoms with Crippen LogP contribution in [-0.4, -0.2) is 35.6 Å². The number of hydrogen-bond donors (Lipinski definition) is 1. The molecule has 2 atom stereocenters. The van der Waals surface area contributed by atoms with Crippen molar-refractivity contribution >= 4 is 0 Å². The van der Waals surface area contributed by atoms with Gasteiger partial charge in [0.2, 0.25) is 0 Å². The van der Waals surface area contributed by atoms with Crippen molar-refractivity contribution in [2.45, 2.75) is 45.2 Å². The molecule has 1 aromatic rings. The summed E-state index contributed by atoms with van der Waals surface area (Å²) in [6, 6.07) is 3.92. The minimum absolute atomic E-state index is 0.160. The third-order valence-corrected chi connectivity index (χ3v) is 3.93. The van der Waals surface area contributed by atoms with Crippen LogP contribution < -0.4 is 5.32 Å². The Morgan fingerprint density at radius 1 is 1.26 bits per heavy atom. The standard InChI is InChI=1S/C15H24FN3/c1-12(19-8-4-3-5-9-19)10-17-13(2)15-7-6-14(16)11-18-15/h6-7,11-13,17H,3-5,8-10H2,1-2H3. The lowest BCUT2D eigenvalue weighted by Gasteiger charge is -2.33. The van der Waals surface area contributed by atoms with Crippen LogP contribution in [0.1, 0.15) is 44.8 Å². The molecule has 4 heteroatoms. The third-order valence-electron chi connectivity index (χ3n) is 3.93. The van der Waals surface area contributed by atoms with Crippen molar-refractivity contribution in [1.29, 1.82) is 0 Å². The average Bonchev–Trinajstić information content (AvgIpc) is 2.46. The summed E-state index contributed by atoms with van der Waals surface area (Å²) in [7, 11) is 0. The molecule has 0 saturated carbocycles. The lowest BCUT2D eigenvalue weighted by Crippen LogP contribution is -2.43. The number of nitrogens with zero attached hydrogens (tertiary/aromatic N) is 2. The maximum absolute atomic E-state index is 12.8. The first-order chi connectivity index (χ1) is 9.16. The van der Waals surface area contributed by atoms with E-state index in [0.29, 0.717) is 6.04 Å². The second kappa shape index (κ2) is 6.96. The molecule has 106 valence electrons. The summed E-state index contributed by atoms with van der Waals surface area (Å²) in [5.74, 6) is -0.280. The Morgan fingerprint density at radius 2 is 2.00 bits per heavy atom. The zero-order valence-electron chi connectivity index (χ0n) is 11.9. The molecule has 0 aliphatic carbocycles. The molecule has 1 aliphatic heterocycles. The first kappa shape index (κ1) is 14.4. The fraction of sp³-hybridized carbons (Fsp3) is 0.667. The lowest BCUT2D eigenvalue weighted by molar-refractivity contribution is 0.168. The molecular formula is C15H24FN3. The summed E-state index contributed by atoms with van der Waals surface area (Å²) < 4.78 is 12.8. The second-order valence-electron chi connectivity index (χ2n) is 5.48. The van der Waals surface area contributed by atoms with Gasteiger partial charge in [-0.2, -0.15) is 0 Å². The monoisotopic (exact) mass is 265 g/mol. The summed E-state index contributed by atoms with van der Waals surface area (Å²) in [5, 5.41) is 3.49. The van der Waals surface area contributed by atoms with Crippen LogP contribution in [0.25, 0.3) is 0 Å². The molecule has 0 radical (unpaired) electrons.